The van der Waals surface area contributed by atoms with E-state index >= 15 is 0 Å². The summed E-state index contributed by atoms with van der Waals surface area (Å²) in [6.07, 6.45) is 0.335. The summed E-state index contributed by atoms with van der Waals surface area (Å²) in [4.78, 5) is 24.9. The average molecular weight is 248 g/mol. The summed E-state index contributed by atoms with van der Waals surface area (Å²) in [6, 6.07) is 2.07. The molecule has 1 rings (SSSR count). The number of hydrogen-bond acceptors (Lipinski definition) is 4. The van der Waals surface area contributed by atoms with Gasteiger partial charge in [0.15, 0.2) is 0 Å². The molecule has 5 nitrogen and oxygen atoms in total. The molecule has 1 aromatic carbocycles. The fourth-order valence-corrected chi connectivity index (χ4v) is 1.37. The molecule has 0 heterocycles. The van der Waals surface area contributed by atoms with Gasteiger partial charge >= 0.3 is 11.1 Å². The van der Waals surface area contributed by atoms with Gasteiger partial charge in [0, 0.05) is 0 Å². The van der Waals surface area contributed by atoms with Gasteiger partial charge in [0.25, 0.3) is 0 Å². The van der Waals surface area contributed by atoms with E-state index in [0.29, 0.717) is 6.42 Å². The van der Waals surface area contributed by atoms with Crippen molar-refractivity contribution in [1.29, 1.82) is 0 Å². The van der Waals surface area contributed by atoms with Crippen LogP contribution in [0.5, 0.6) is 0 Å². The van der Waals surface area contributed by atoms with Crippen molar-refractivity contribution in [3.8, 4) is 0 Å². The molecule has 0 aliphatic rings. The first-order valence-corrected chi connectivity index (χ1v) is 4.68. The maximum Gasteiger partial charge on any atom is 0.335 e. The van der Waals surface area contributed by atoms with Crippen LogP contribution in [0.3, 0.4) is 0 Å². The maximum absolute atomic E-state index is 13.2. The second-order valence-corrected chi connectivity index (χ2v) is 3.29. The van der Waals surface area contributed by atoms with Crippen molar-refractivity contribution < 1.29 is 19.1 Å². The van der Waals surface area contributed by atoms with Crippen LogP contribution in [0.1, 0.15) is 22.8 Å². The second kappa shape index (κ2) is 4.89. The number of benzene rings is 1. The van der Waals surface area contributed by atoms with Crippen molar-refractivity contribution in [3.63, 3.8) is 0 Å². The van der Waals surface area contributed by atoms with E-state index in [1.165, 1.54) is 0 Å². The summed E-state index contributed by atoms with van der Waals surface area (Å²) in [5.74, 6) is -1.78. The number of rotatable bonds is 3. The van der Waals surface area contributed by atoms with Crippen LogP contribution in [0.2, 0.25) is 5.02 Å². The smallest absolute Gasteiger partial charge is 0.262 e. The lowest BCUT2D eigenvalue weighted by Gasteiger charge is -2.05. The first kappa shape index (κ1) is 12.4. The Morgan fingerprint density at radius 3 is 2.75 bits per heavy atom. The molecule has 7 heteroatoms. The molecule has 86 valence electrons. The van der Waals surface area contributed by atoms with E-state index in [9.17, 15) is 19.3 Å². The number of nitrogens with zero attached hydrogens (tertiary/aromatic N) is 1. The third-order valence-electron chi connectivity index (χ3n) is 1.89. The Balaban J connectivity index is 3.13. The predicted octanol–water partition coefficient (Wildman–Crippen LogP) is 2.39. The van der Waals surface area contributed by atoms with E-state index in [0.717, 1.165) is 12.1 Å². The van der Waals surface area contributed by atoms with Gasteiger partial charge in [-0.05, 0) is 24.1 Å². The summed E-state index contributed by atoms with van der Waals surface area (Å²) in [7, 11) is 0. The molecular weight excluding hydrogens is 241 g/mol. The van der Waals surface area contributed by atoms with Crippen molar-refractivity contribution in [1.82, 2.24) is 0 Å². The molecule has 0 bridgehead atoms. The minimum absolute atomic E-state index is 0.221. The van der Waals surface area contributed by atoms with Crippen molar-refractivity contribution in [3.05, 3.63) is 44.2 Å². The van der Waals surface area contributed by atoms with E-state index in [1.807, 2.05) is 0 Å². The van der Waals surface area contributed by atoms with Gasteiger partial charge in [-0.15, -0.1) is 10.1 Å². The SMILES string of the molecule is CCc1cc(C(=O)O[N+](=O)[O-])c(Cl)cc1F. The highest BCUT2D eigenvalue weighted by molar-refractivity contribution is 6.33. The highest BCUT2D eigenvalue weighted by Gasteiger charge is 2.17. The van der Waals surface area contributed by atoms with Crippen LogP contribution >= 0.6 is 11.6 Å². The Kier molecular flexibility index (Phi) is 3.78. The molecule has 0 spiro atoms. The van der Waals surface area contributed by atoms with Crippen LogP contribution < -0.4 is 0 Å². The van der Waals surface area contributed by atoms with E-state index in [1.54, 1.807) is 6.92 Å². The van der Waals surface area contributed by atoms with Gasteiger partial charge in [0.05, 0.1) is 10.6 Å². The zero-order valence-corrected chi connectivity index (χ0v) is 8.95. The average Bonchev–Trinajstić information content (AvgIpc) is 2.16. The molecule has 0 aliphatic carbocycles. The Labute approximate surface area is 94.9 Å². The first-order valence-electron chi connectivity index (χ1n) is 4.30. The maximum atomic E-state index is 13.2. The molecule has 0 saturated heterocycles. The van der Waals surface area contributed by atoms with Gasteiger partial charge in [0.1, 0.15) is 5.82 Å². The molecule has 0 saturated carbocycles. The minimum Gasteiger partial charge on any atom is -0.262 e. The van der Waals surface area contributed by atoms with Crippen LogP contribution in [-0.4, -0.2) is 11.1 Å². The first-order chi connectivity index (χ1) is 7.45. The van der Waals surface area contributed by atoms with Crippen LogP contribution in [0.25, 0.3) is 0 Å². The largest absolute Gasteiger partial charge is 0.335 e. The number of hydrogen-bond donors (Lipinski definition) is 0. The quantitative estimate of drug-likeness (QED) is 0.607. The third-order valence-corrected chi connectivity index (χ3v) is 2.21. The zero-order chi connectivity index (χ0) is 12.3. The van der Waals surface area contributed by atoms with Crippen LogP contribution in [0.4, 0.5) is 4.39 Å². The molecule has 0 fully saturated rings. The third kappa shape index (κ3) is 2.66. The van der Waals surface area contributed by atoms with Gasteiger partial charge in [-0.25, -0.2) is 9.23 Å². The fraction of sp³-hybridized carbons (Fsp3) is 0.222. The lowest BCUT2D eigenvalue weighted by Crippen LogP contribution is -2.11. The topological polar surface area (TPSA) is 69.4 Å². The van der Waals surface area contributed by atoms with E-state index in [-0.39, 0.29) is 16.1 Å². The van der Waals surface area contributed by atoms with E-state index in [4.69, 9.17) is 11.6 Å². The standard InChI is InChI=1S/C9H7ClFNO4/c1-2-5-3-6(7(10)4-8(5)11)9(13)16-12(14)15/h3-4H,2H2,1H3. The second-order valence-electron chi connectivity index (χ2n) is 2.88. The molecule has 0 aromatic heterocycles. The van der Waals surface area contributed by atoms with Crippen LogP contribution in [0, 0.1) is 15.9 Å². The number of carbonyl (C=O) groups excluding carboxylic acids is 1. The Hall–Kier alpha value is -1.69. The van der Waals surface area contributed by atoms with Crippen molar-refractivity contribution >= 4 is 17.6 Å². The summed E-state index contributed by atoms with van der Waals surface area (Å²) in [5, 5.41) is 8.50. The molecule has 0 atom stereocenters. The molecule has 0 aliphatic heterocycles. The Morgan fingerprint density at radius 1 is 1.62 bits per heavy atom. The van der Waals surface area contributed by atoms with Crippen molar-refractivity contribution in [2.45, 2.75) is 13.3 Å². The molecule has 16 heavy (non-hydrogen) atoms. The highest BCUT2D eigenvalue weighted by atomic mass is 35.5. The van der Waals surface area contributed by atoms with E-state index < -0.39 is 16.9 Å². The van der Waals surface area contributed by atoms with Gasteiger partial charge < -0.3 is 0 Å². The highest BCUT2D eigenvalue weighted by Crippen LogP contribution is 2.22. The summed E-state index contributed by atoms with van der Waals surface area (Å²) in [6.45, 7) is 1.68. The van der Waals surface area contributed by atoms with Crippen molar-refractivity contribution in [2.75, 3.05) is 0 Å². The van der Waals surface area contributed by atoms with Gasteiger partial charge in [-0.3, -0.25) is 4.79 Å². The fourth-order valence-electron chi connectivity index (χ4n) is 1.14. The Morgan fingerprint density at radius 2 is 2.25 bits per heavy atom. The molecule has 0 N–H and O–H groups in total. The summed E-state index contributed by atoms with van der Waals surface area (Å²) >= 11 is 5.57. The molecule has 0 radical (unpaired) electrons. The summed E-state index contributed by atoms with van der Waals surface area (Å²) < 4.78 is 13.2. The molecule has 0 amide bonds. The molecule has 0 unspecified atom stereocenters. The predicted molar refractivity (Wildman–Crippen MR) is 53.2 cm³/mol. The minimum atomic E-state index is -1.24. The van der Waals surface area contributed by atoms with Crippen LogP contribution in [0.15, 0.2) is 12.1 Å². The zero-order valence-electron chi connectivity index (χ0n) is 8.20. The molecule has 1 aromatic rings. The number of aryl methyl sites for hydroxylation is 1. The number of halogens is 2. The van der Waals surface area contributed by atoms with Crippen molar-refractivity contribution in [2.24, 2.45) is 0 Å². The van der Waals surface area contributed by atoms with Gasteiger partial charge in [-0.1, -0.05) is 18.5 Å². The van der Waals surface area contributed by atoms with Crippen LogP contribution in [-0.2, 0) is 11.3 Å². The Bertz CT molecular complexity index is 449. The normalized spacial score (nSPS) is 9.94. The van der Waals surface area contributed by atoms with Gasteiger partial charge in [0.2, 0.25) is 0 Å². The summed E-state index contributed by atoms with van der Waals surface area (Å²) in [5.41, 5.74) is 0.0105. The van der Waals surface area contributed by atoms with Gasteiger partial charge in [-0.2, -0.15) is 0 Å². The lowest BCUT2D eigenvalue weighted by atomic mass is 10.1. The monoisotopic (exact) mass is 247 g/mol. The van der Waals surface area contributed by atoms with E-state index in [2.05, 4.69) is 4.84 Å². The number of carbonyl (C=O) groups is 1. The lowest BCUT2D eigenvalue weighted by molar-refractivity contribution is -0.727. The molecular formula is C9H7ClFNO4.